The molecule has 1 aliphatic heterocycles. The second kappa shape index (κ2) is 17.7. The van der Waals surface area contributed by atoms with Crippen LogP contribution in [0.3, 0.4) is 0 Å². The number of hydrogen-bond donors (Lipinski definition) is 2. The number of aromatic nitrogens is 4. The van der Waals surface area contributed by atoms with Crippen LogP contribution in [0.2, 0.25) is 0 Å². The lowest BCUT2D eigenvalue weighted by atomic mass is 9.94. The quantitative estimate of drug-likeness (QED) is 0.0992. The fourth-order valence-corrected chi connectivity index (χ4v) is 4.58. The van der Waals surface area contributed by atoms with Gasteiger partial charge in [0.25, 0.3) is 17.4 Å². The van der Waals surface area contributed by atoms with Crippen LogP contribution >= 0.6 is 0 Å². The number of terminal acetylenes is 2. The SMILES string of the molecule is C#CCOCC(C)(COCC#C)COCC#CNc1nc2ncc(CN(C(=O)C(F)(F)F)c3ccc(C(=O)ON4C(=O)CCC4=O)cc3)nc2c(=O)[nH]1. The van der Waals surface area contributed by atoms with Gasteiger partial charge in [-0.25, -0.2) is 14.8 Å². The highest BCUT2D eigenvalue weighted by atomic mass is 19.4. The van der Waals surface area contributed by atoms with Crippen molar-refractivity contribution in [1.29, 1.82) is 0 Å². The van der Waals surface area contributed by atoms with E-state index in [9.17, 15) is 37.1 Å². The third-order valence-corrected chi connectivity index (χ3v) is 7.04. The van der Waals surface area contributed by atoms with Crippen LogP contribution in [0.4, 0.5) is 24.8 Å². The van der Waals surface area contributed by atoms with Gasteiger partial charge in [0.1, 0.15) is 19.8 Å². The van der Waals surface area contributed by atoms with Crippen molar-refractivity contribution >= 4 is 46.5 Å². The number of nitrogens with one attached hydrogen (secondary N) is 2. The number of halogens is 3. The summed E-state index contributed by atoms with van der Waals surface area (Å²) in [4.78, 5) is 80.8. The number of carbonyl (C=O) groups excluding carboxylic acids is 4. The van der Waals surface area contributed by atoms with Gasteiger partial charge >= 0.3 is 18.1 Å². The third kappa shape index (κ3) is 10.8. The van der Waals surface area contributed by atoms with Crippen LogP contribution in [-0.4, -0.2) is 94.5 Å². The first-order chi connectivity index (χ1) is 25.2. The maximum absolute atomic E-state index is 13.6. The van der Waals surface area contributed by atoms with Gasteiger partial charge in [-0.15, -0.1) is 17.9 Å². The number of anilines is 2. The Kier molecular flexibility index (Phi) is 13.2. The van der Waals surface area contributed by atoms with Gasteiger partial charge in [0.05, 0.1) is 43.8 Å². The average Bonchev–Trinajstić information content (AvgIpc) is 3.44. The van der Waals surface area contributed by atoms with Crippen LogP contribution in [0.5, 0.6) is 0 Å². The molecule has 0 atom stereocenters. The molecule has 19 heteroatoms. The Hall–Kier alpha value is -6.33. The maximum Gasteiger partial charge on any atom is 0.471 e. The van der Waals surface area contributed by atoms with E-state index >= 15 is 0 Å². The van der Waals surface area contributed by atoms with E-state index in [1.54, 1.807) is 0 Å². The van der Waals surface area contributed by atoms with Crippen LogP contribution in [0.1, 0.15) is 35.8 Å². The molecule has 3 heterocycles. The largest absolute Gasteiger partial charge is 0.471 e. The molecule has 0 bridgehead atoms. The number of imide groups is 1. The predicted octanol–water partition coefficient (Wildman–Crippen LogP) is 1.72. The fraction of sp³-hybridized carbons (Fsp3) is 0.353. The Morgan fingerprint density at radius 3 is 2.15 bits per heavy atom. The Bertz CT molecular complexity index is 2030. The van der Waals surface area contributed by atoms with Gasteiger partial charge in [0.2, 0.25) is 5.95 Å². The molecular formula is C34H30F3N7O9. The molecule has 1 aromatic carbocycles. The standard InChI is InChI=1S/C34H30F3N7O9/c1-4-14-50-19-33(3,20-51-15-5-2)21-52-16-6-13-38-32-41-28-27(29(47)42-32)40-23(17-39-28)18-43(31(49)34(35,36)37)24-9-7-22(8-10-24)30(48)53-44-25(45)11-12-26(44)46/h1-2,7-10,17H,11-12,14-16,18-21H2,3H3,(H2,38,39,41,42,47). The minimum atomic E-state index is -5.32. The van der Waals surface area contributed by atoms with Crippen LogP contribution < -0.4 is 15.8 Å². The lowest BCUT2D eigenvalue weighted by Crippen LogP contribution is -2.41. The minimum absolute atomic E-state index is 0.0333. The first-order valence-corrected chi connectivity index (χ1v) is 15.4. The first-order valence-electron chi connectivity index (χ1n) is 15.4. The van der Waals surface area contributed by atoms with E-state index in [1.807, 2.05) is 6.92 Å². The van der Waals surface area contributed by atoms with Gasteiger partial charge in [-0.1, -0.05) is 24.7 Å². The molecule has 0 aliphatic carbocycles. The minimum Gasteiger partial charge on any atom is -0.368 e. The molecule has 0 saturated carbocycles. The summed E-state index contributed by atoms with van der Waals surface area (Å²) in [6.45, 7) is 1.94. The van der Waals surface area contributed by atoms with Crippen LogP contribution in [0, 0.1) is 42.1 Å². The van der Waals surface area contributed by atoms with Gasteiger partial charge in [0, 0.05) is 30.0 Å². The number of alkyl halides is 3. The Morgan fingerprint density at radius 1 is 0.962 bits per heavy atom. The van der Waals surface area contributed by atoms with Crippen molar-refractivity contribution < 1.29 is 51.4 Å². The number of benzene rings is 1. The van der Waals surface area contributed by atoms with Crippen molar-refractivity contribution in [3.05, 3.63) is 52.1 Å². The van der Waals surface area contributed by atoms with E-state index < -0.39 is 47.4 Å². The number of aromatic amines is 1. The van der Waals surface area contributed by atoms with Gasteiger partial charge < -0.3 is 19.0 Å². The number of fused-ring (bicyclic) bond motifs is 1. The van der Waals surface area contributed by atoms with Gasteiger partial charge in [0.15, 0.2) is 11.2 Å². The van der Waals surface area contributed by atoms with E-state index in [0.717, 1.165) is 30.5 Å². The van der Waals surface area contributed by atoms with Crippen LogP contribution in [0.25, 0.3) is 11.2 Å². The summed E-state index contributed by atoms with van der Waals surface area (Å²) in [6, 6.07) is 6.68. The summed E-state index contributed by atoms with van der Waals surface area (Å²) in [5.74, 6) is 2.48. The molecule has 1 aliphatic rings. The van der Waals surface area contributed by atoms with E-state index in [-0.39, 0.29) is 86.5 Å². The maximum atomic E-state index is 13.6. The van der Waals surface area contributed by atoms with Crippen molar-refractivity contribution in [1.82, 2.24) is 25.0 Å². The second-order valence-electron chi connectivity index (χ2n) is 11.5. The van der Waals surface area contributed by atoms with Crippen molar-refractivity contribution in [2.75, 3.05) is 49.9 Å². The first kappa shape index (κ1) is 39.5. The highest BCUT2D eigenvalue weighted by Gasteiger charge is 2.43. The molecule has 2 aromatic heterocycles. The summed E-state index contributed by atoms with van der Waals surface area (Å²) in [5, 5.41) is 2.89. The molecule has 53 heavy (non-hydrogen) atoms. The average molecular weight is 738 g/mol. The van der Waals surface area contributed by atoms with Gasteiger partial charge in [-0.2, -0.15) is 18.2 Å². The number of ether oxygens (including phenoxy) is 3. The topological polar surface area (TPSA) is 195 Å². The summed E-state index contributed by atoms with van der Waals surface area (Å²) >= 11 is 0. The number of hydrogen-bond acceptors (Lipinski definition) is 13. The highest BCUT2D eigenvalue weighted by molar-refractivity contribution is 6.03. The number of carbonyl (C=O) groups is 4. The molecule has 2 N–H and O–H groups in total. The monoisotopic (exact) mass is 737 g/mol. The zero-order valence-corrected chi connectivity index (χ0v) is 27.9. The molecular weight excluding hydrogens is 707 g/mol. The molecule has 0 radical (unpaired) electrons. The van der Waals surface area contributed by atoms with E-state index in [2.05, 4.69) is 49.1 Å². The molecule has 0 unspecified atom stereocenters. The third-order valence-electron chi connectivity index (χ3n) is 7.04. The number of rotatable bonds is 15. The molecule has 1 saturated heterocycles. The summed E-state index contributed by atoms with van der Waals surface area (Å²) < 4.78 is 57.3. The molecule has 16 nitrogen and oxygen atoms in total. The smallest absolute Gasteiger partial charge is 0.368 e. The van der Waals surface area contributed by atoms with Crippen LogP contribution in [0.15, 0.2) is 35.3 Å². The number of nitrogens with zero attached hydrogens (tertiary/aromatic N) is 5. The van der Waals surface area contributed by atoms with Gasteiger partial charge in [-0.3, -0.25) is 34.4 Å². The molecule has 1 fully saturated rings. The summed E-state index contributed by atoms with van der Waals surface area (Å²) in [6.07, 6.45) is 5.88. The predicted molar refractivity (Wildman–Crippen MR) is 178 cm³/mol. The fourth-order valence-electron chi connectivity index (χ4n) is 4.58. The second-order valence-corrected chi connectivity index (χ2v) is 11.5. The van der Waals surface area contributed by atoms with Crippen molar-refractivity contribution in [3.8, 4) is 36.7 Å². The Morgan fingerprint density at radius 2 is 1.57 bits per heavy atom. The normalized spacial score (nSPS) is 12.8. The van der Waals surface area contributed by atoms with Crippen LogP contribution in [-0.2, 0) is 40.0 Å². The van der Waals surface area contributed by atoms with E-state index in [1.165, 1.54) is 0 Å². The van der Waals surface area contributed by atoms with Gasteiger partial charge in [-0.05, 0) is 24.3 Å². The summed E-state index contributed by atoms with van der Waals surface area (Å²) in [7, 11) is 0. The lowest BCUT2D eigenvalue weighted by molar-refractivity contribution is -0.172. The number of H-pyrrole nitrogens is 1. The Balaban J connectivity index is 1.43. The van der Waals surface area contributed by atoms with Crippen molar-refractivity contribution in [2.45, 2.75) is 32.5 Å². The zero-order valence-electron chi connectivity index (χ0n) is 27.9. The van der Waals surface area contributed by atoms with Crippen molar-refractivity contribution in [2.24, 2.45) is 5.41 Å². The molecule has 3 aromatic rings. The van der Waals surface area contributed by atoms with E-state index in [4.69, 9.17) is 31.9 Å². The summed E-state index contributed by atoms with van der Waals surface area (Å²) in [5.41, 5.74) is -2.65. The van der Waals surface area contributed by atoms with E-state index in [0.29, 0.717) is 9.96 Å². The van der Waals surface area contributed by atoms with Crippen molar-refractivity contribution in [3.63, 3.8) is 0 Å². The highest BCUT2D eigenvalue weighted by Crippen LogP contribution is 2.26. The lowest BCUT2D eigenvalue weighted by Gasteiger charge is -2.27. The molecule has 276 valence electrons. The number of hydroxylamine groups is 2. The molecule has 0 spiro atoms. The molecule has 4 rings (SSSR count). The zero-order chi connectivity index (χ0) is 38.6. The molecule has 3 amide bonds. The Labute approximate surface area is 299 Å². The number of amides is 3.